The van der Waals surface area contributed by atoms with Crippen LogP contribution in [0, 0.1) is 11.8 Å². The van der Waals surface area contributed by atoms with Gasteiger partial charge in [0, 0.05) is 13.1 Å². The highest BCUT2D eigenvalue weighted by Crippen LogP contribution is 2.21. The van der Waals surface area contributed by atoms with Crippen LogP contribution in [0.4, 0.5) is 4.79 Å². The Morgan fingerprint density at radius 1 is 1.62 bits per heavy atom. The third kappa shape index (κ3) is 2.88. The van der Waals surface area contributed by atoms with E-state index in [4.69, 9.17) is 11.5 Å². The maximum atomic E-state index is 10.6. The van der Waals surface area contributed by atoms with E-state index in [1.54, 1.807) is 4.90 Å². The Morgan fingerprint density at radius 2 is 2.23 bits per heavy atom. The van der Waals surface area contributed by atoms with E-state index in [0.717, 1.165) is 26.1 Å². The summed E-state index contributed by atoms with van der Waals surface area (Å²) >= 11 is 0. The van der Waals surface area contributed by atoms with Crippen LogP contribution < -0.4 is 11.5 Å². The second-order valence-electron chi connectivity index (χ2n) is 4.03. The van der Waals surface area contributed by atoms with Crippen LogP contribution in [0.3, 0.4) is 0 Å². The van der Waals surface area contributed by atoms with Gasteiger partial charge in [-0.3, -0.25) is 0 Å². The molecule has 0 aliphatic carbocycles. The molecule has 76 valence electrons. The number of hydrogen-bond donors (Lipinski definition) is 2. The van der Waals surface area contributed by atoms with Crippen molar-refractivity contribution in [3.63, 3.8) is 0 Å². The lowest BCUT2D eigenvalue weighted by molar-refractivity contribution is 0.118. The second kappa shape index (κ2) is 4.46. The molecule has 4 N–H and O–H groups in total. The number of hydrogen-bond acceptors (Lipinski definition) is 2. The molecule has 13 heavy (non-hydrogen) atoms. The van der Waals surface area contributed by atoms with E-state index < -0.39 is 0 Å². The predicted molar refractivity (Wildman–Crippen MR) is 52.1 cm³/mol. The maximum Gasteiger partial charge on any atom is 0.314 e. The van der Waals surface area contributed by atoms with Crippen molar-refractivity contribution in [3.8, 4) is 0 Å². The van der Waals surface area contributed by atoms with Gasteiger partial charge in [-0.1, -0.05) is 6.92 Å². The molecule has 1 aliphatic heterocycles. The molecule has 0 aromatic rings. The van der Waals surface area contributed by atoms with Crippen molar-refractivity contribution >= 4 is 6.03 Å². The third-order valence-electron chi connectivity index (χ3n) is 2.74. The standard InChI is InChI=1S/C9H19N3O/c1-7(4-10)2-3-8-5-12(6-8)9(11)13/h7-8H,2-6,10H2,1H3,(H2,11,13). The van der Waals surface area contributed by atoms with Crippen molar-refractivity contribution in [1.29, 1.82) is 0 Å². The molecule has 4 nitrogen and oxygen atoms in total. The molecule has 1 aliphatic rings. The van der Waals surface area contributed by atoms with Gasteiger partial charge < -0.3 is 16.4 Å². The van der Waals surface area contributed by atoms with Gasteiger partial charge in [0.25, 0.3) is 0 Å². The molecule has 0 saturated carbocycles. The Labute approximate surface area is 79.3 Å². The molecular weight excluding hydrogens is 166 g/mol. The van der Waals surface area contributed by atoms with Crippen molar-refractivity contribution in [2.75, 3.05) is 19.6 Å². The van der Waals surface area contributed by atoms with Crippen LogP contribution in [-0.4, -0.2) is 30.6 Å². The maximum absolute atomic E-state index is 10.6. The van der Waals surface area contributed by atoms with E-state index in [1.165, 1.54) is 6.42 Å². The van der Waals surface area contributed by atoms with Gasteiger partial charge in [-0.25, -0.2) is 4.79 Å². The van der Waals surface area contributed by atoms with Crippen LogP contribution in [0.15, 0.2) is 0 Å². The van der Waals surface area contributed by atoms with Crippen molar-refractivity contribution in [1.82, 2.24) is 4.90 Å². The van der Waals surface area contributed by atoms with E-state index in [1.807, 2.05) is 0 Å². The lowest BCUT2D eigenvalue weighted by atomic mass is 9.91. The first-order valence-corrected chi connectivity index (χ1v) is 4.88. The minimum atomic E-state index is -0.289. The second-order valence-corrected chi connectivity index (χ2v) is 4.03. The molecule has 0 radical (unpaired) electrons. The summed E-state index contributed by atoms with van der Waals surface area (Å²) in [7, 11) is 0. The molecule has 0 aromatic heterocycles. The van der Waals surface area contributed by atoms with Crippen LogP contribution >= 0.6 is 0 Å². The first kappa shape index (κ1) is 10.3. The molecule has 0 spiro atoms. The zero-order valence-corrected chi connectivity index (χ0v) is 8.20. The fourth-order valence-electron chi connectivity index (χ4n) is 1.57. The highest BCUT2D eigenvalue weighted by atomic mass is 16.2. The average Bonchev–Trinajstić information content (AvgIpc) is 2.00. The summed E-state index contributed by atoms with van der Waals surface area (Å²) in [6, 6.07) is -0.289. The number of nitrogens with zero attached hydrogens (tertiary/aromatic N) is 1. The van der Waals surface area contributed by atoms with Crippen molar-refractivity contribution in [2.45, 2.75) is 19.8 Å². The molecular formula is C9H19N3O. The van der Waals surface area contributed by atoms with Crippen molar-refractivity contribution < 1.29 is 4.79 Å². The summed E-state index contributed by atoms with van der Waals surface area (Å²) in [5.74, 6) is 1.25. The summed E-state index contributed by atoms with van der Waals surface area (Å²) in [6.07, 6.45) is 2.33. The molecule has 1 unspecified atom stereocenters. The van der Waals surface area contributed by atoms with Gasteiger partial charge in [-0.2, -0.15) is 0 Å². The summed E-state index contributed by atoms with van der Waals surface area (Å²) in [4.78, 5) is 12.3. The monoisotopic (exact) mass is 185 g/mol. The number of primary amides is 1. The van der Waals surface area contributed by atoms with Gasteiger partial charge in [-0.15, -0.1) is 0 Å². The topological polar surface area (TPSA) is 72.3 Å². The minimum Gasteiger partial charge on any atom is -0.351 e. The quantitative estimate of drug-likeness (QED) is 0.664. The van der Waals surface area contributed by atoms with Crippen LogP contribution in [-0.2, 0) is 0 Å². The lowest BCUT2D eigenvalue weighted by Gasteiger charge is -2.38. The van der Waals surface area contributed by atoms with Gasteiger partial charge in [0.15, 0.2) is 0 Å². The third-order valence-corrected chi connectivity index (χ3v) is 2.74. The molecule has 1 heterocycles. The molecule has 1 saturated heterocycles. The Morgan fingerprint density at radius 3 is 2.69 bits per heavy atom. The average molecular weight is 185 g/mol. The Hall–Kier alpha value is -0.770. The largest absolute Gasteiger partial charge is 0.351 e. The predicted octanol–water partition coefficient (Wildman–Crippen LogP) is 0.372. The Balaban J connectivity index is 2.05. The van der Waals surface area contributed by atoms with E-state index in [0.29, 0.717) is 11.8 Å². The molecule has 1 atom stereocenters. The number of amides is 2. The number of urea groups is 1. The number of carbonyl (C=O) groups is 1. The molecule has 1 fully saturated rings. The van der Waals surface area contributed by atoms with Crippen LogP contribution in [0.2, 0.25) is 0 Å². The molecule has 2 amide bonds. The zero-order valence-electron chi connectivity index (χ0n) is 8.20. The summed E-state index contributed by atoms with van der Waals surface area (Å²) < 4.78 is 0. The Kier molecular flexibility index (Phi) is 3.54. The van der Waals surface area contributed by atoms with Crippen LogP contribution in [0.5, 0.6) is 0 Å². The summed E-state index contributed by atoms with van der Waals surface area (Å²) in [6.45, 7) is 4.59. The molecule has 0 aromatic carbocycles. The highest BCUT2D eigenvalue weighted by Gasteiger charge is 2.28. The number of likely N-dealkylation sites (tertiary alicyclic amines) is 1. The SMILES string of the molecule is CC(CN)CCC1CN(C(N)=O)C1. The van der Waals surface area contributed by atoms with E-state index in [9.17, 15) is 4.79 Å². The van der Waals surface area contributed by atoms with Crippen molar-refractivity contribution in [2.24, 2.45) is 23.3 Å². The van der Waals surface area contributed by atoms with Gasteiger partial charge in [0.05, 0.1) is 0 Å². The smallest absolute Gasteiger partial charge is 0.314 e. The number of nitrogens with two attached hydrogens (primary N) is 2. The van der Waals surface area contributed by atoms with Crippen LogP contribution in [0.25, 0.3) is 0 Å². The van der Waals surface area contributed by atoms with Crippen molar-refractivity contribution in [3.05, 3.63) is 0 Å². The summed E-state index contributed by atoms with van der Waals surface area (Å²) in [5.41, 5.74) is 10.6. The zero-order chi connectivity index (χ0) is 9.84. The molecule has 0 bridgehead atoms. The fourth-order valence-corrected chi connectivity index (χ4v) is 1.57. The lowest BCUT2D eigenvalue weighted by Crippen LogP contribution is -2.52. The Bertz CT molecular complexity index is 178. The first-order valence-electron chi connectivity index (χ1n) is 4.88. The fraction of sp³-hybridized carbons (Fsp3) is 0.889. The van der Waals surface area contributed by atoms with Crippen LogP contribution in [0.1, 0.15) is 19.8 Å². The van der Waals surface area contributed by atoms with Gasteiger partial charge in [-0.05, 0) is 31.2 Å². The molecule has 4 heteroatoms. The van der Waals surface area contributed by atoms with E-state index in [2.05, 4.69) is 6.92 Å². The summed E-state index contributed by atoms with van der Waals surface area (Å²) in [5, 5.41) is 0. The van der Waals surface area contributed by atoms with E-state index >= 15 is 0 Å². The number of carbonyl (C=O) groups excluding carboxylic acids is 1. The van der Waals surface area contributed by atoms with Gasteiger partial charge >= 0.3 is 6.03 Å². The highest BCUT2D eigenvalue weighted by molar-refractivity contribution is 5.72. The number of rotatable bonds is 4. The normalized spacial score (nSPS) is 19.7. The molecule has 1 rings (SSSR count). The van der Waals surface area contributed by atoms with E-state index in [-0.39, 0.29) is 6.03 Å². The minimum absolute atomic E-state index is 0.289. The van der Waals surface area contributed by atoms with Gasteiger partial charge in [0.2, 0.25) is 0 Å². The first-order chi connectivity index (χ1) is 6.13. The van der Waals surface area contributed by atoms with Gasteiger partial charge in [0.1, 0.15) is 0 Å².